The number of nitrogens with zero attached hydrogens (tertiary/aromatic N) is 1. The predicted molar refractivity (Wildman–Crippen MR) is 80.6 cm³/mol. The Hall–Kier alpha value is -1.36. The van der Waals surface area contributed by atoms with Gasteiger partial charge in [-0.2, -0.15) is 0 Å². The number of carbonyl (C=O) groups is 2. The van der Waals surface area contributed by atoms with Crippen molar-refractivity contribution in [3.05, 3.63) is 12.7 Å². The molecule has 0 aliphatic carbocycles. The molecule has 1 aliphatic rings. The van der Waals surface area contributed by atoms with Gasteiger partial charge in [-0.25, -0.2) is 4.79 Å². The highest BCUT2D eigenvalue weighted by Crippen LogP contribution is 2.22. The minimum Gasteiger partial charge on any atom is -0.467 e. The zero-order valence-electron chi connectivity index (χ0n) is 13.1. The summed E-state index contributed by atoms with van der Waals surface area (Å²) in [5.74, 6) is -0.241. The number of aliphatic hydroxyl groups is 1. The molecule has 1 rings (SSSR count). The second-order valence-corrected chi connectivity index (χ2v) is 5.86. The van der Waals surface area contributed by atoms with E-state index in [1.807, 2.05) is 13.0 Å². The molecule has 1 heterocycles. The first-order chi connectivity index (χ1) is 9.99. The van der Waals surface area contributed by atoms with Crippen LogP contribution in [0.2, 0.25) is 0 Å². The van der Waals surface area contributed by atoms with Gasteiger partial charge in [-0.15, -0.1) is 6.58 Å². The largest absolute Gasteiger partial charge is 0.467 e. The SMILES string of the molecule is C=CCCCC[C@@H](C)CC(=O)N1C[C@H](O)C[C@H]1C(=O)OC. The molecule has 120 valence electrons. The van der Waals surface area contributed by atoms with E-state index in [0.29, 0.717) is 6.42 Å². The fourth-order valence-corrected chi connectivity index (χ4v) is 2.75. The monoisotopic (exact) mass is 297 g/mol. The molecular weight excluding hydrogens is 270 g/mol. The molecule has 1 N–H and O–H groups in total. The van der Waals surface area contributed by atoms with Gasteiger partial charge >= 0.3 is 5.97 Å². The number of aliphatic hydroxyl groups excluding tert-OH is 1. The van der Waals surface area contributed by atoms with Crippen LogP contribution >= 0.6 is 0 Å². The number of hydrogen-bond donors (Lipinski definition) is 1. The summed E-state index contributed by atoms with van der Waals surface area (Å²) < 4.78 is 4.71. The Morgan fingerprint density at radius 3 is 2.81 bits per heavy atom. The van der Waals surface area contributed by atoms with Crippen molar-refractivity contribution in [2.45, 2.75) is 57.6 Å². The zero-order chi connectivity index (χ0) is 15.8. The van der Waals surface area contributed by atoms with Gasteiger partial charge in [-0.3, -0.25) is 4.79 Å². The van der Waals surface area contributed by atoms with Gasteiger partial charge in [-0.1, -0.05) is 25.8 Å². The number of unbranched alkanes of at least 4 members (excludes halogenated alkanes) is 2. The molecule has 5 heteroatoms. The number of allylic oxidation sites excluding steroid dienone is 1. The van der Waals surface area contributed by atoms with Gasteiger partial charge in [0.15, 0.2) is 0 Å². The molecule has 1 aliphatic heterocycles. The van der Waals surface area contributed by atoms with Gasteiger partial charge in [0.1, 0.15) is 6.04 Å². The highest BCUT2D eigenvalue weighted by Gasteiger charge is 2.39. The van der Waals surface area contributed by atoms with Crippen molar-refractivity contribution in [3.8, 4) is 0 Å². The fourth-order valence-electron chi connectivity index (χ4n) is 2.75. The van der Waals surface area contributed by atoms with E-state index in [-0.39, 0.29) is 24.8 Å². The number of hydrogen-bond acceptors (Lipinski definition) is 4. The molecule has 0 unspecified atom stereocenters. The summed E-state index contributed by atoms with van der Waals surface area (Å²) in [6.07, 6.45) is 6.10. The number of methoxy groups -OCH3 is 1. The first kappa shape index (κ1) is 17.7. The number of β-amino-alcohol motifs (C(OH)–C–C–N with tert-alkyl or cyclic N) is 1. The van der Waals surface area contributed by atoms with Gasteiger partial charge < -0.3 is 14.7 Å². The van der Waals surface area contributed by atoms with E-state index in [1.165, 1.54) is 12.0 Å². The van der Waals surface area contributed by atoms with Crippen LogP contribution in [-0.2, 0) is 14.3 Å². The van der Waals surface area contributed by atoms with Crippen molar-refractivity contribution in [1.29, 1.82) is 0 Å². The molecule has 5 nitrogen and oxygen atoms in total. The quantitative estimate of drug-likeness (QED) is 0.422. The smallest absolute Gasteiger partial charge is 0.328 e. The molecule has 0 saturated carbocycles. The maximum absolute atomic E-state index is 12.3. The van der Waals surface area contributed by atoms with Crippen LogP contribution in [0.25, 0.3) is 0 Å². The van der Waals surface area contributed by atoms with Gasteiger partial charge in [0, 0.05) is 19.4 Å². The average molecular weight is 297 g/mol. The van der Waals surface area contributed by atoms with Gasteiger partial charge in [-0.05, 0) is 18.8 Å². The molecule has 0 spiro atoms. The van der Waals surface area contributed by atoms with E-state index in [2.05, 4.69) is 6.58 Å². The summed E-state index contributed by atoms with van der Waals surface area (Å²) in [4.78, 5) is 25.4. The Kier molecular flexibility index (Phi) is 7.43. The van der Waals surface area contributed by atoms with E-state index >= 15 is 0 Å². The molecule has 0 bridgehead atoms. The summed E-state index contributed by atoms with van der Waals surface area (Å²) >= 11 is 0. The van der Waals surface area contributed by atoms with Crippen LogP contribution in [0.1, 0.15) is 45.4 Å². The number of rotatable bonds is 8. The predicted octanol–water partition coefficient (Wildman–Crippen LogP) is 1.89. The highest BCUT2D eigenvalue weighted by molar-refractivity contribution is 5.85. The lowest BCUT2D eigenvalue weighted by Gasteiger charge is -2.24. The molecule has 0 aromatic rings. The summed E-state index contributed by atoms with van der Waals surface area (Å²) in [5.41, 5.74) is 0. The number of ether oxygens (including phenoxy) is 1. The second-order valence-electron chi connectivity index (χ2n) is 5.86. The minimum absolute atomic E-state index is 0.0711. The fraction of sp³-hybridized carbons (Fsp3) is 0.750. The highest BCUT2D eigenvalue weighted by atomic mass is 16.5. The number of amides is 1. The Balaban J connectivity index is 2.45. The summed E-state index contributed by atoms with van der Waals surface area (Å²) in [6.45, 7) is 5.96. The Morgan fingerprint density at radius 2 is 2.19 bits per heavy atom. The molecule has 0 aromatic heterocycles. The lowest BCUT2D eigenvalue weighted by atomic mass is 9.99. The number of likely N-dealkylation sites (tertiary alicyclic amines) is 1. The Labute approximate surface area is 127 Å². The van der Waals surface area contributed by atoms with Crippen molar-refractivity contribution in [1.82, 2.24) is 4.90 Å². The van der Waals surface area contributed by atoms with E-state index < -0.39 is 18.1 Å². The van der Waals surface area contributed by atoms with Crippen molar-refractivity contribution in [2.24, 2.45) is 5.92 Å². The molecule has 0 radical (unpaired) electrons. The lowest BCUT2D eigenvalue weighted by molar-refractivity contribution is -0.151. The standard InChI is InChI=1S/C16H27NO4/c1-4-5-6-7-8-12(2)9-15(19)17-11-13(18)10-14(17)16(20)21-3/h4,12-14,18H,1,5-11H2,2-3H3/t12-,13-,14+/m1/s1. The van der Waals surface area contributed by atoms with Crippen LogP contribution < -0.4 is 0 Å². The number of esters is 1. The molecule has 3 atom stereocenters. The number of carbonyl (C=O) groups excluding carboxylic acids is 2. The molecule has 1 amide bonds. The van der Waals surface area contributed by atoms with Crippen LogP contribution in [0.3, 0.4) is 0 Å². The molecule has 0 aromatic carbocycles. The molecule has 21 heavy (non-hydrogen) atoms. The third-order valence-electron chi connectivity index (χ3n) is 3.95. The third-order valence-corrected chi connectivity index (χ3v) is 3.95. The maximum Gasteiger partial charge on any atom is 0.328 e. The molecule has 1 fully saturated rings. The third kappa shape index (κ3) is 5.50. The minimum atomic E-state index is -0.638. The van der Waals surface area contributed by atoms with Gasteiger partial charge in [0.2, 0.25) is 5.91 Å². The van der Waals surface area contributed by atoms with E-state index in [9.17, 15) is 14.7 Å². The van der Waals surface area contributed by atoms with Crippen LogP contribution in [0.5, 0.6) is 0 Å². The van der Waals surface area contributed by atoms with Crippen LogP contribution in [0, 0.1) is 5.92 Å². The topological polar surface area (TPSA) is 66.8 Å². The summed E-state index contributed by atoms with van der Waals surface area (Å²) in [5, 5.41) is 9.69. The first-order valence-electron chi connectivity index (χ1n) is 7.65. The Bertz CT molecular complexity index is 369. The maximum atomic E-state index is 12.3. The van der Waals surface area contributed by atoms with Crippen LogP contribution in [0.15, 0.2) is 12.7 Å². The van der Waals surface area contributed by atoms with Gasteiger partial charge in [0.05, 0.1) is 13.2 Å². The summed E-state index contributed by atoms with van der Waals surface area (Å²) in [7, 11) is 1.30. The molecule has 1 saturated heterocycles. The molecular formula is C16H27NO4. The summed E-state index contributed by atoms with van der Waals surface area (Å²) in [6, 6.07) is -0.634. The van der Waals surface area contributed by atoms with Crippen LogP contribution in [0.4, 0.5) is 0 Å². The second kappa shape index (κ2) is 8.82. The van der Waals surface area contributed by atoms with Crippen LogP contribution in [-0.4, -0.2) is 47.7 Å². The Morgan fingerprint density at radius 1 is 1.48 bits per heavy atom. The first-order valence-corrected chi connectivity index (χ1v) is 7.65. The van der Waals surface area contributed by atoms with E-state index in [1.54, 1.807) is 0 Å². The van der Waals surface area contributed by atoms with Gasteiger partial charge in [0.25, 0.3) is 0 Å². The lowest BCUT2D eigenvalue weighted by Crippen LogP contribution is -2.41. The van der Waals surface area contributed by atoms with E-state index in [4.69, 9.17) is 4.74 Å². The van der Waals surface area contributed by atoms with Crippen molar-refractivity contribution < 1.29 is 19.4 Å². The normalized spacial score (nSPS) is 22.9. The van der Waals surface area contributed by atoms with Crippen molar-refractivity contribution in [2.75, 3.05) is 13.7 Å². The zero-order valence-corrected chi connectivity index (χ0v) is 13.1. The van der Waals surface area contributed by atoms with Crippen molar-refractivity contribution in [3.63, 3.8) is 0 Å². The van der Waals surface area contributed by atoms with E-state index in [0.717, 1.165) is 25.7 Å². The van der Waals surface area contributed by atoms with Crippen molar-refractivity contribution >= 4 is 11.9 Å². The average Bonchev–Trinajstić information content (AvgIpc) is 2.85.